The van der Waals surface area contributed by atoms with Crippen LogP contribution >= 0.6 is 23.1 Å². The van der Waals surface area contributed by atoms with E-state index in [1.54, 1.807) is 11.3 Å². The van der Waals surface area contributed by atoms with Crippen LogP contribution in [0.5, 0.6) is 0 Å². The molecule has 1 heterocycles. The van der Waals surface area contributed by atoms with Crippen LogP contribution in [0.15, 0.2) is 24.3 Å². The molecule has 138 valence electrons. The Labute approximate surface area is 162 Å². The third-order valence-corrected chi connectivity index (χ3v) is 6.12. The molecule has 0 spiro atoms. The molecule has 0 bridgehead atoms. The number of carbonyl (C=O) groups excluding carboxylic acids is 2. The number of aromatic nitrogens is 1. The van der Waals surface area contributed by atoms with E-state index in [0.717, 1.165) is 29.8 Å². The lowest BCUT2D eigenvalue weighted by molar-refractivity contribution is -0.114. The van der Waals surface area contributed by atoms with Gasteiger partial charge < -0.3 is 10.6 Å². The van der Waals surface area contributed by atoms with Crippen molar-refractivity contribution in [2.45, 2.75) is 39.0 Å². The molecule has 26 heavy (non-hydrogen) atoms. The molecule has 0 aliphatic heterocycles. The van der Waals surface area contributed by atoms with Crippen LogP contribution in [0.1, 0.15) is 35.4 Å². The lowest BCUT2D eigenvalue weighted by Gasteiger charge is -2.06. The molecule has 5 nitrogen and oxygen atoms in total. The number of amides is 2. The summed E-state index contributed by atoms with van der Waals surface area (Å²) < 4.78 is 0. The van der Waals surface area contributed by atoms with E-state index in [-0.39, 0.29) is 23.3 Å². The fourth-order valence-electron chi connectivity index (χ4n) is 2.89. The minimum Gasteiger partial charge on any atom is -0.325 e. The summed E-state index contributed by atoms with van der Waals surface area (Å²) in [6.45, 7) is 1.98. The van der Waals surface area contributed by atoms with Gasteiger partial charge in [0.15, 0.2) is 5.13 Å². The predicted octanol–water partition coefficient (Wildman–Crippen LogP) is 4.03. The minimum atomic E-state index is -0.109. The highest BCUT2D eigenvalue weighted by Gasteiger charge is 2.15. The number of rotatable bonds is 6. The van der Waals surface area contributed by atoms with Gasteiger partial charge in [0.2, 0.25) is 11.8 Å². The Morgan fingerprint density at radius 1 is 1.12 bits per heavy atom. The SMILES string of the molecule is Cc1cccc(NC(=O)CSCC(=O)Nc2nc3c(s2)CCCCC3)c1. The molecule has 0 fully saturated rings. The van der Waals surface area contributed by atoms with Crippen LogP contribution in [0.25, 0.3) is 0 Å². The van der Waals surface area contributed by atoms with Gasteiger partial charge in [0.25, 0.3) is 0 Å². The molecule has 1 aromatic carbocycles. The summed E-state index contributed by atoms with van der Waals surface area (Å²) in [5.74, 6) is 0.276. The highest BCUT2D eigenvalue weighted by molar-refractivity contribution is 8.00. The molecule has 3 rings (SSSR count). The number of thioether (sulfide) groups is 1. The van der Waals surface area contributed by atoms with Crippen LogP contribution < -0.4 is 10.6 Å². The Kier molecular flexibility index (Phi) is 6.68. The highest BCUT2D eigenvalue weighted by atomic mass is 32.2. The van der Waals surface area contributed by atoms with Crippen LogP contribution in [0.2, 0.25) is 0 Å². The van der Waals surface area contributed by atoms with Crippen LogP contribution in [0.4, 0.5) is 10.8 Å². The van der Waals surface area contributed by atoms with Gasteiger partial charge in [-0.15, -0.1) is 23.1 Å². The molecule has 0 unspecified atom stereocenters. The van der Waals surface area contributed by atoms with Crippen LogP contribution in [-0.4, -0.2) is 28.3 Å². The Morgan fingerprint density at radius 2 is 1.88 bits per heavy atom. The van der Waals surface area contributed by atoms with Gasteiger partial charge in [-0.25, -0.2) is 4.98 Å². The van der Waals surface area contributed by atoms with Crippen molar-refractivity contribution in [1.82, 2.24) is 4.98 Å². The maximum atomic E-state index is 12.1. The number of benzene rings is 1. The first-order valence-corrected chi connectivity index (χ1v) is 10.8. The number of fused-ring (bicyclic) bond motifs is 1. The Morgan fingerprint density at radius 3 is 2.69 bits per heavy atom. The average molecular weight is 390 g/mol. The number of nitrogens with one attached hydrogen (secondary N) is 2. The van der Waals surface area contributed by atoms with E-state index in [1.807, 2.05) is 31.2 Å². The standard InChI is InChI=1S/C19H23N3O2S2/c1-13-6-5-7-14(10-13)20-17(23)11-25-12-18(24)22-19-21-15-8-3-2-4-9-16(15)26-19/h5-7,10H,2-4,8-9,11-12H2,1H3,(H,20,23)(H,21,22,24). The molecule has 1 aliphatic rings. The summed E-state index contributed by atoms with van der Waals surface area (Å²) in [4.78, 5) is 29.9. The van der Waals surface area contributed by atoms with Crippen molar-refractivity contribution >= 4 is 45.7 Å². The van der Waals surface area contributed by atoms with Gasteiger partial charge in [-0.05, 0) is 50.3 Å². The summed E-state index contributed by atoms with van der Waals surface area (Å²) >= 11 is 2.89. The summed E-state index contributed by atoms with van der Waals surface area (Å²) in [6.07, 6.45) is 5.71. The summed E-state index contributed by atoms with van der Waals surface area (Å²) in [7, 11) is 0. The van der Waals surface area contributed by atoms with Crippen LogP contribution in [0.3, 0.4) is 0 Å². The number of hydrogen-bond donors (Lipinski definition) is 2. The second kappa shape index (κ2) is 9.19. The summed E-state index contributed by atoms with van der Waals surface area (Å²) in [5, 5.41) is 6.40. The molecule has 2 N–H and O–H groups in total. The van der Waals surface area contributed by atoms with E-state index in [9.17, 15) is 9.59 Å². The van der Waals surface area contributed by atoms with Crippen LogP contribution in [0, 0.1) is 6.92 Å². The van der Waals surface area contributed by atoms with Gasteiger partial charge in [0, 0.05) is 10.6 Å². The van der Waals surface area contributed by atoms with Gasteiger partial charge in [-0.2, -0.15) is 0 Å². The lowest BCUT2D eigenvalue weighted by atomic mass is 10.2. The van der Waals surface area contributed by atoms with Crippen molar-refractivity contribution in [3.05, 3.63) is 40.4 Å². The highest BCUT2D eigenvalue weighted by Crippen LogP contribution is 2.28. The Balaban J connectivity index is 1.41. The largest absolute Gasteiger partial charge is 0.325 e. The van der Waals surface area contributed by atoms with Crippen molar-refractivity contribution in [3.8, 4) is 0 Å². The molecular weight excluding hydrogens is 366 g/mol. The van der Waals surface area contributed by atoms with Crippen molar-refractivity contribution < 1.29 is 9.59 Å². The molecule has 7 heteroatoms. The first-order valence-electron chi connectivity index (χ1n) is 8.83. The first-order chi connectivity index (χ1) is 12.6. The lowest BCUT2D eigenvalue weighted by Crippen LogP contribution is -2.18. The number of hydrogen-bond acceptors (Lipinski definition) is 5. The quantitative estimate of drug-likeness (QED) is 0.732. The second-order valence-corrected chi connectivity index (χ2v) is 8.48. The third-order valence-electron chi connectivity index (χ3n) is 4.11. The molecule has 0 atom stereocenters. The molecule has 1 aliphatic carbocycles. The fraction of sp³-hybridized carbons (Fsp3) is 0.421. The Bertz CT molecular complexity index is 765. The van der Waals surface area contributed by atoms with Gasteiger partial charge in [0.05, 0.1) is 17.2 Å². The first kappa shape index (κ1) is 18.9. The van der Waals surface area contributed by atoms with E-state index < -0.39 is 0 Å². The molecular formula is C19H23N3O2S2. The second-order valence-electron chi connectivity index (χ2n) is 6.41. The van der Waals surface area contributed by atoms with Gasteiger partial charge in [-0.3, -0.25) is 9.59 Å². The van der Waals surface area contributed by atoms with Crippen molar-refractivity contribution in [3.63, 3.8) is 0 Å². The van der Waals surface area contributed by atoms with Crippen molar-refractivity contribution in [2.24, 2.45) is 0 Å². The molecule has 0 radical (unpaired) electrons. The van der Waals surface area contributed by atoms with E-state index in [0.29, 0.717) is 5.13 Å². The fourth-order valence-corrected chi connectivity index (χ4v) is 4.58. The number of thiazole rings is 1. The molecule has 0 saturated heterocycles. The number of anilines is 2. The zero-order valence-corrected chi connectivity index (χ0v) is 16.5. The van der Waals surface area contributed by atoms with Crippen LogP contribution in [-0.2, 0) is 22.4 Å². The number of nitrogens with zero attached hydrogens (tertiary/aromatic N) is 1. The van der Waals surface area contributed by atoms with E-state index in [4.69, 9.17) is 0 Å². The van der Waals surface area contributed by atoms with Gasteiger partial charge in [0.1, 0.15) is 0 Å². The van der Waals surface area contributed by atoms with Gasteiger partial charge in [-0.1, -0.05) is 18.6 Å². The van der Waals surface area contributed by atoms with E-state index >= 15 is 0 Å². The number of aryl methyl sites for hydroxylation is 3. The summed E-state index contributed by atoms with van der Waals surface area (Å²) in [5.41, 5.74) is 3.02. The van der Waals surface area contributed by atoms with Gasteiger partial charge >= 0.3 is 0 Å². The average Bonchev–Trinajstić information content (AvgIpc) is 2.83. The monoisotopic (exact) mass is 389 g/mol. The van der Waals surface area contributed by atoms with Crippen molar-refractivity contribution in [1.29, 1.82) is 0 Å². The number of carbonyl (C=O) groups is 2. The summed E-state index contributed by atoms with van der Waals surface area (Å²) in [6, 6.07) is 7.66. The molecule has 2 aromatic rings. The maximum absolute atomic E-state index is 12.1. The van der Waals surface area contributed by atoms with E-state index in [2.05, 4.69) is 15.6 Å². The zero-order chi connectivity index (χ0) is 18.4. The molecule has 2 amide bonds. The molecule has 0 saturated carbocycles. The maximum Gasteiger partial charge on any atom is 0.236 e. The minimum absolute atomic E-state index is 0.102. The molecule has 1 aromatic heterocycles. The van der Waals surface area contributed by atoms with E-state index in [1.165, 1.54) is 35.9 Å². The Hall–Kier alpha value is -1.86. The smallest absolute Gasteiger partial charge is 0.236 e. The van der Waals surface area contributed by atoms with Crippen molar-refractivity contribution in [2.75, 3.05) is 22.1 Å². The zero-order valence-electron chi connectivity index (χ0n) is 14.8. The third kappa shape index (κ3) is 5.57. The normalized spacial score (nSPS) is 13.6. The predicted molar refractivity (Wildman–Crippen MR) is 109 cm³/mol. The topological polar surface area (TPSA) is 71.1 Å².